The van der Waals surface area contributed by atoms with Gasteiger partial charge in [-0.05, 0) is 12.1 Å². The SMILES string of the molecule is COC(=O)c1ccc2c(c1N)N1CCOC=C1N2. The third-order valence-corrected chi connectivity index (χ3v) is 3.07. The van der Waals surface area contributed by atoms with Crippen molar-refractivity contribution in [1.82, 2.24) is 0 Å². The topological polar surface area (TPSA) is 76.8 Å². The predicted octanol–water partition coefficient (Wildman–Crippen LogP) is 1.12. The Bertz CT molecular complexity index is 554. The number of nitrogen functional groups attached to an aromatic ring is 1. The van der Waals surface area contributed by atoms with Gasteiger partial charge in [0.15, 0.2) is 0 Å². The van der Waals surface area contributed by atoms with Crippen LogP contribution < -0.4 is 16.0 Å². The van der Waals surface area contributed by atoms with Crippen LogP contribution in [0, 0.1) is 0 Å². The molecule has 0 fully saturated rings. The first-order valence-corrected chi connectivity index (χ1v) is 5.59. The van der Waals surface area contributed by atoms with Crippen LogP contribution in [0.15, 0.2) is 24.2 Å². The third kappa shape index (κ3) is 1.38. The Kier molecular flexibility index (Phi) is 2.29. The minimum Gasteiger partial charge on any atom is -0.496 e. The number of nitrogens with one attached hydrogen (secondary N) is 1. The number of anilines is 3. The molecule has 0 bridgehead atoms. The number of hydrogen-bond acceptors (Lipinski definition) is 6. The molecule has 3 N–H and O–H groups in total. The maximum absolute atomic E-state index is 11.6. The van der Waals surface area contributed by atoms with E-state index in [2.05, 4.69) is 5.32 Å². The normalized spacial score (nSPS) is 16.1. The third-order valence-electron chi connectivity index (χ3n) is 3.07. The number of carbonyl (C=O) groups excluding carboxylic acids is 1. The molecule has 0 saturated heterocycles. The number of carbonyl (C=O) groups is 1. The Labute approximate surface area is 104 Å². The second-order valence-corrected chi connectivity index (χ2v) is 4.07. The standard InChI is InChI=1S/C12H13N3O3/c1-17-12(16)7-2-3-8-11(10(7)13)15-4-5-18-6-9(15)14-8/h2-3,6,14H,4-5,13H2,1H3. The van der Waals surface area contributed by atoms with E-state index >= 15 is 0 Å². The molecule has 18 heavy (non-hydrogen) atoms. The van der Waals surface area contributed by atoms with E-state index in [1.807, 2.05) is 11.0 Å². The smallest absolute Gasteiger partial charge is 0.340 e. The molecule has 2 heterocycles. The van der Waals surface area contributed by atoms with Crippen LogP contribution in [0.1, 0.15) is 10.4 Å². The van der Waals surface area contributed by atoms with Crippen molar-refractivity contribution in [1.29, 1.82) is 0 Å². The number of ether oxygens (including phenoxy) is 2. The molecule has 0 unspecified atom stereocenters. The van der Waals surface area contributed by atoms with Gasteiger partial charge in [0.05, 0.1) is 36.3 Å². The minimum atomic E-state index is -0.430. The lowest BCUT2D eigenvalue weighted by Crippen LogP contribution is -2.29. The summed E-state index contributed by atoms with van der Waals surface area (Å²) < 4.78 is 9.97. The maximum atomic E-state index is 11.6. The first-order valence-electron chi connectivity index (χ1n) is 5.59. The molecule has 0 aromatic heterocycles. The van der Waals surface area contributed by atoms with Crippen molar-refractivity contribution in [3.05, 3.63) is 29.8 Å². The summed E-state index contributed by atoms with van der Waals surface area (Å²) in [4.78, 5) is 13.6. The zero-order valence-electron chi connectivity index (χ0n) is 9.90. The number of nitrogens with two attached hydrogens (primary N) is 1. The van der Waals surface area contributed by atoms with Crippen molar-refractivity contribution in [2.75, 3.05) is 36.2 Å². The number of rotatable bonds is 1. The second-order valence-electron chi connectivity index (χ2n) is 4.07. The molecule has 2 aliphatic heterocycles. The Morgan fingerprint density at radius 2 is 2.39 bits per heavy atom. The summed E-state index contributed by atoms with van der Waals surface area (Å²) in [5.74, 6) is 0.408. The van der Waals surface area contributed by atoms with Crippen LogP contribution in [-0.2, 0) is 9.47 Å². The highest BCUT2D eigenvalue weighted by Gasteiger charge is 2.30. The summed E-state index contributed by atoms with van der Waals surface area (Å²) in [6, 6.07) is 3.48. The summed E-state index contributed by atoms with van der Waals surface area (Å²) in [6.45, 7) is 1.28. The lowest BCUT2D eigenvalue weighted by atomic mass is 10.1. The summed E-state index contributed by atoms with van der Waals surface area (Å²) in [7, 11) is 1.34. The molecule has 1 aromatic rings. The van der Waals surface area contributed by atoms with Crippen molar-refractivity contribution >= 4 is 23.0 Å². The molecule has 0 atom stereocenters. The summed E-state index contributed by atoms with van der Waals surface area (Å²) >= 11 is 0. The Balaban J connectivity index is 2.12. The van der Waals surface area contributed by atoms with E-state index in [0.29, 0.717) is 24.4 Å². The fourth-order valence-electron chi connectivity index (χ4n) is 2.22. The molecule has 0 spiro atoms. The Hall–Kier alpha value is -2.37. The van der Waals surface area contributed by atoms with Crippen molar-refractivity contribution in [2.24, 2.45) is 0 Å². The van der Waals surface area contributed by atoms with Crippen LogP contribution in [0.2, 0.25) is 0 Å². The van der Waals surface area contributed by atoms with Gasteiger partial charge in [-0.2, -0.15) is 0 Å². The first kappa shape index (κ1) is 10.8. The minimum absolute atomic E-state index is 0.380. The van der Waals surface area contributed by atoms with E-state index in [-0.39, 0.29) is 0 Å². The highest BCUT2D eigenvalue weighted by Crippen LogP contribution is 2.43. The van der Waals surface area contributed by atoms with E-state index in [4.69, 9.17) is 15.2 Å². The molecule has 6 heteroatoms. The fraction of sp³-hybridized carbons (Fsp3) is 0.250. The molecular weight excluding hydrogens is 234 g/mol. The zero-order valence-corrected chi connectivity index (χ0v) is 9.90. The monoisotopic (exact) mass is 247 g/mol. The number of hydrogen-bond donors (Lipinski definition) is 2. The van der Waals surface area contributed by atoms with E-state index in [0.717, 1.165) is 17.2 Å². The van der Waals surface area contributed by atoms with Gasteiger partial charge in [-0.15, -0.1) is 0 Å². The predicted molar refractivity (Wildman–Crippen MR) is 67.2 cm³/mol. The van der Waals surface area contributed by atoms with Crippen molar-refractivity contribution in [3.8, 4) is 0 Å². The lowest BCUT2D eigenvalue weighted by molar-refractivity contribution is 0.0602. The van der Waals surface area contributed by atoms with Gasteiger partial charge in [0.1, 0.15) is 18.7 Å². The molecule has 94 valence electrons. The van der Waals surface area contributed by atoms with Gasteiger partial charge in [-0.1, -0.05) is 0 Å². The van der Waals surface area contributed by atoms with Crippen LogP contribution in [0.25, 0.3) is 0 Å². The summed E-state index contributed by atoms with van der Waals surface area (Å²) in [5, 5.41) is 3.19. The number of esters is 1. The van der Waals surface area contributed by atoms with Crippen LogP contribution >= 0.6 is 0 Å². The average Bonchev–Trinajstić information content (AvgIpc) is 2.77. The van der Waals surface area contributed by atoms with Crippen molar-refractivity contribution < 1.29 is 14.3 Å². The van der Waals surface area contributed by atoms with Gasteiger partial charge in [-0.3, -0.25) is 0 Å². The van der Waals surface area contributed by atoms with Crippen LogP contribution in [-0.4, -0.2) is 26.2 Å². The Morgan fingerprint density at radius 1 is 1.56 bits per heavy atom. The molecule has 0 amide bonds. The highest BCUT2D eigenvalue weighted by molar-refractivity contribution is 6.03. The zero-order chi connectivity index (χ0) is 12.7. The van der Waals surface area contributed by atoms with Gasteiger partial charge >= 0.3 is 5.97 Å². The summed E-state index contributed by atoms with van der Waals surface area (Å²) in [5.41, 5.74) is 8.56. The van der Waals surface area contributed by atoms with Gasteiger partial charge < -0.3 is 25.4 Å². The summed E-state index contributed by atoms with van der Waals surface area (Å²) in [6.07, 6.45) is 1.65. The van der Waals surface area contributed by atoms with E-state index in [9.17, 15) is 4.79 Å². The van der Waals surface area contributed by atoms with E-state index in [1.165, 1.54) is 7.11 Å². The van der Waals surface area contributed by atoms with Gasteiger partial charge in [0.2, 0.25) is 0 Å². The number of fused-ring (bicyclic) bond motifs is 3. The lowest BCUT2D eigenvalue weighted by Gasteiger charge is -2.24. The molecule has 0 aliphatic carbocycles. The Morgan fingerprint density at radius 3 is 3.17 bits per heavy atom. The average molecular weight is 247 g/mol. The molecule has 0 radical (unpaired) electrons. The highest BCUT2D eigenvalue weighted by atomic mass is 16.5. The molecule has 0 saturated carbocycles. The quantitative estimate of drug-likeness (QED) is 0.572. The molecule has 3 rings (SSSR count). The van der Waals surface area contributed by atoms with Crippen LogP contribution in [0.5, 0.6) is 0 Å². The van der Waals surface area contributed by atoms with Gasteiger partial charge in [0.25, 0.3) is 0 Å². The largest absolute Gasteiger partial charge is 0.496 e. The first-order chi connectivity index (χ1) is 8.72. The van der Waals surface area contributed by atoms with Crippen LogP contribution in [0.3, 0.4) is 0 Å². The number of benzene rings is 1. The van der Waals surface area contributed by atoms with Gasteiger partial charge in [-0.25, -0.2) is 4.79 Å². The number of nitrogens with zero attached hydrogens (tertiary/aromatic N) is 1. The van der Waals surface area contributed by atoms with E-state index < -0.39 is 5.97 Å². The maximum Gasteiger partial charge on any atom is 0.340 e. The van der Waals surface area contributed by atoms with Crippen molar-refractivity contribution in [3.63, 3.8) is 0 Å². The van der Waals surface area contributed by atoms with Crippen LogP contribution in [0.4, 0.5) is 17.1 Å². The fourth-order valence-corrected chi connectivity index (χ4v) is 2.22. The molecule has 1 aromatic carbocycles. The molecule has 2 aliphatic rings. The van der Waals surface area contributed by atoms with Crippen molar-refractivity contribution in [2.45, 2.75) is 0 Å². The molecular formula is C12H13N3O3. The van der Waals surface area contributed by atoms with E-state index in [1.54, 1.807) is 12.3 Å². The number of methoxy groups -OCH3 is 1. The molecule has 6 nitrogen and oxygen atoms in total. The second kappa shape index (κ2) is 3.83. The van der Waals surface area contributed by atoms with Gasteiger partial charge in [0, 0.05) is 0 Å².